The van der Waals surface area contributed by atoms with Gasteiger partial charge in [0.1, 0.15) is 0 Å². The van der Waals surface area contributed by atoms with Crippen molar-refractivity contribution >= 4 is 17.7 Å². The van der Waals surface area contributed by atoms with Crippen molar-refractivity contribution in [3.05, 3.63) is 48.3 Å². The molecule has 2 N–H and O–H groups in total. The van der Waals surface area contributed by atoms with Crippen LogP contribution < -0.4 is 10.6 Å². The molecule has 1 heterocycles. The zero-order valence-electron chi connectivity index (χ0n) is 13.8. The van der Waals surface area contributed by atoms with E-state index < -0.39 is 0 Å². The summed E-state index contributed by atoms with van der Waals surface area (Å²) >= 11 is 1.89. The lowest BCUT2D eigenvalue weighted by atomic mass is 10.2. The highest BCUT2D eigenvalue weighted by Crippen LogP contribution is 2.09. The average Bonchev–Trinajstić information content (AvgIpc) is 3.12. The second-order valence-electron chi connectivity index (χ2n) is 5.17. The van der Waals surface area contributed by atoms with Gasteiger partial charge in [0.2, 0.25) is 0 Å². The largest absolute Gasteiger partial charge is 0.356 e. The van der Waals surface area contributed by atoms with Crippen LogP contribution in [0.15, 0.2) is 47.7 Å². The minimum absolute atomic E-state index is 0.736. The first-order valence-corrected chi connectivity index (χ1v) is 9.25. The van der Waals surface area contributed by atoms with E-state index in [1.165, 1.54) is 17.7 Å². The summed E-state index contributed by atoms with van der Waals surface area (Å²) in [6, 6.07) is 10.3. The molecular formula is C17H25N5S. The molecule has 124 valence electrons. The lowest BCUT2D eigenvalue weighted by molar-refractivity contribution is 0.732. The van der Waals surface area contributed by atoms with Crippen molar-refractivity contribution in [3.8, 4) is 5.69 Å². The Morgan fingerprint density at radius 2 is 2.17 bits per heavy atom. The summed E-state index contributed by atoms with van der Waals surface area (Å²) in [6.45, 7) is 1.69. The maximum atomic E-state index is 4.26. The molecule has 0 amide bonds. The topological polar surface area (TPSA) is 54.2 Å². The Kier molecular flexibility index (Phi) is 7.52. The number of guanidine groups is 1. The highest BCUT2D eigenvalue weighted by atomic mass is 32.2. The number of benzene rings is 1. The molecule has 6 heteroatoms. The summed E-state index contributed by atoms with van der Waals surface area (Å²) in [5.74, 6) is 2.06. The first kappa shape index (κ1) is 17.4. The molecule has 0 unspecified atom stereocenters. The molecule has 0 radical (unpaired) electrons. The van der Waals surface area contributed by atoms with Crippen LogP contribution in [0.4, 0.5) is 0 Å². The third kappa shape index (κ3) is 5.98. The summed E-state index contributed by atoms with van der Waals surface area (Å²) in [5.41, 5.74) is 2.26. The molecule has 0 atom stereocenters. The molecular weight excluding hydrogens is 306 g/mol. The molecule has 1 aromatic heterocycles. The summed E-state index contributed by atoms with van der Waals surface area (Å²) in [6.07, 6.45) is 8.27. The molecule has 0 saturated heterocycles. The van der Waals surface area contributed by atoms with Crippen LogP contribution in [0, 0.1) is 0 Å². The van der Waals surface area contributed by atoms with Gasteiger partial charge in [-0.1, -0.05) is 12.1 Å². The van der Waals surface area contributed by atoms with Crippen LogP contribution in [-0.4, -0.2) is 41.3 Å². The van der Waals surface area contributed by atoms with Crippen molar-refractivity contribution < 1.29 is 0 Å². The van der Waals surface area contributed by atoms with Gasteiger partial charge in [-0.25, -0.2) is 4.68 Å². The Morgan fingerprint density at radius 1 is 1.26 bits per heavy atom. The fourth-order valence-corrected chi connectivity index (χ4v) is 2.71. The van der Waals surface area contributed by atoms with Crippen LogP contribution in [0.1, 0.15) is 18.4 Å². The number of thioether (sulfide) groups is 1. The van der Waals surface area contributed by atoms with Gasteiger partial charge in [-0.15, -0.1) is 0 Å². The zero-order chi connectivity index (χ0) is 16.3. The van der Waals surface area contributed by atoms with Gasteiger partial charge < -0.3 is 10.6 Å². The third-order valence-electron chi connectivity index (χ3n) is 3.43. The summed E-state index contributed by atoms with van der Waals surface area (Å²) in [5, 5.41) is 11.0. The molecule has 0 bridgehead atoms. The first-order chi connectivity index (χ1) is 11.3. The minimum Gasteiger partial charge on any atom is -0.356 e. The van der Waals surface area contributed by atoms with Crippen molar-refractivity contribution in [2.75, 3.05) is 25.6 Å². The van der Waals surface area contributed by atoms with E-state index in [4.69, 9.17) is 0 Å². The summed E-state index contributed by atoms with van der Waals surface area (Å²) < 4.78 is 1.86. The van der Waals surface area contributed by atoms with Gasteiger partial charge in [-0.3, -0.25) is 4.99 Å². The second-order valence-corrected chi connectivity index (χ2v) is 6.16. The normalized spacial score (nSPS) is 11.5. The fourth-order valence-electron chi connectivity index (χ4n) is 2.22. The minimum atomic E-state index is 0.736. The quantitative estimate of drug-likeness (QED) is 0.444. The van der Waals surface area contributed by atoms with Crippen molar-refractivity contribution in [2.45, 2.75) is 19.4 Å². The van der Waals surface area contributed by atoms with Crippen LogP contribution in [-0.2, 0) is 6.54 Å². The van der Waals surface area contributed by atoms with Crippen LogP contribution in [0.3, 0.4) is 0 Å². The fraction of sp³-hybridized carbons (Fsp3) is 0.412. The van der Waals surface area contributed by atoms with E-state index in [9.17, 15) is 0 Å². The lowest BCUT2D eigenvalue weighted by Gasteiger charge is -2.12. The zero-order valence-corrected chi connectivity index (χ0v) is 14.6. The van der Waals surface area contributed by atoms with Crippen LogP contribution in [0.5, 0.6) is 0 Å². The monoisotopic (exact) mass is 331 g/mol. The predicted molar refractivity (Wildman–Crippen MR) is 99.4 cm³/mol. The van der Waals surface area contributed by atoms with Crippen molar-refractivity contribution in [1.82, 2.24) is 20.4 Å². The molecule has 0 spiro atoms. The molecule has 5 nitrogen and oxygen atoms in total. The number of aromatic nitrogens is 2. The number of rotatable bonds is 8. The molecule has 0 fully saturated rings. The van der Waals surface area contributed by atoms with Gasteiger partial charge in [0.05, 0.1) is 5.69 Å². The maximum Gasteiger partial charge on any atom is 0.191 e. The number of nitrogens with zero attached hydrogens (tertiary/aromatic N) is 3. The standard InChI is InChI=1S/C17H25N5S/c1-18-17(19-9-3-4-12-23-2)20-14-15-7-5-8-16(13-15)22-11-6-10-21-22/h5-8,10-11,13H,3-4,9,12,14H2,1-2H3,(H2,18,19,20). The van der Waals surface area contributed by atoms with E-state index in [2.05, 4.69) is 45.2 Å². The molecule has 0 saturated carbocycles. The van der Waals surface area contributed by atoms with E-state index in [0.29, 0.717) is 0 Å². The van der Waals surface area contributed by atoms with E-state index in [1.807, 2.05) is 34.8 Å². The number of aliphatic imine (C=N–C) groups is 1. The van der Waals surface area contributed by atoms with Gasteiger partial charge in [-0.2, -0.15) is 16.9 Å². The van der Waals surface area contributed by atoms with Crippen molar-refractivity contribution in [3.63, 3.8) is 0 Å². The molecule has 0 aliphatic rings. The van der Waals surface area contributed by atoms with Crippen molar-refractivity contribution in [1.29, 1.82) is 0 Å². The lowest BCUT2D eigenvalue weighted by Crippen LogP contribution is -2.37. The third-order valence-corrected chi connectivity index (χ3v) is 4.13. The number of unbranched alkanes of at least 4 members (excludes halogenated alkanes) is 1. The Hall–Kier alpha value is -1.95. The molecule has 23 heavy (non-hydrogen) atoms. The van der Waals surface area contributed by atoms with Gasteiger partial charge in [0, 0.05) is 32.5 Å². The number of nitrogens with one attached hydrogen (secondary N) is 2. The highest BCUT2D eigenvalue weighted by molar-refractivity contribution is 7.98. The molecule has 1 aromatic carbocycles. The molecule has 0 aliphatic carbocycles. The number of hydrogen-bond donors (Lipinski definition) is 2. The SMILES string of the molecule is CN=C(NCCCCSC)NCc1cccc(-n2cccn2)c1. The molecule has 2 rings (SSSR count). The molecule has 0 aliphatic heterocycles. The Balaban J connectivity index is 1.81. The number of hydrogen-bond acceptors (Lipinski definition) is 3. The highest BCUT2D eigenvalue weighted by Gasteiger charge is 2.01. The van der Waals surface area contributed by atoms with Crippen LogP contribution in [0.25, 0.3) is 5.69 Å². The van der Waals surface area contributed by atoms with E-state index >= 15 is 0 Å². The smallest absolute Gasteiger partial charge is 0.191 e. The van der Waals surface area contributed by atoms with Gasteiger partial charge in [0.25, 0.3) is 0 Å². The Morgan fingerprint density at radius 3 is 2.91 bits per heavy atom. The summed E-state index contributed by atoms with van der Waals surface area (Å²) in [7, 11) is 1.80. The average molecular weight is 331 g/mol. The Bertz CT molecular complexity index is 595. The van der Waals surface area contributed by atoms with E-state index in [1.54, 1.807) is 13.2 Å². The van der Waals surface area contributed by atoms with Gasteiger partial charge >= 0.3 is 0 Å². The molecule has 2 aromatic rings. The van der Waals surface area contributed by atoms with E-state index in [-0.39, 0.29) is 0 Å². The van der Waals surface area contributed by atoms with Gasteiger partial charge in [-0.05, 0) is 48.6 Å². The van der Waals surface area contributed by atoms with E-state index in [0.717, 1.165) is 31.2 Å². The van der Waals surface area contributed by atoms with Crippen LogP contribution >= 0.6 is 11.8 Å². The maximum absolute atomic E-state index is 4.26. The first-order valence-electron chi connectivity index (χ1n) is 7.86. The van der Waals surface area contributed by atoms with Crippen molar-refractivity contribution in [2.24, 2.45) is 4.99 Å². The van der Waals surface area contributed by atoms with Crippen LogP contribution in [0.2, 0.25) is 0 Å². The second kappa shape index (κ2) is 9.94. The Labute approximate surface area is 142 Å². The predicted octanol–water partition coefficient (Wildman–Crippen LogP) is 2.68. The van der Waals surface area contributed by atoms with Gasteiger partial charge in [0.15, 0.2) is 5.96 Å². The summed E-state index contributed by atoms with van der Waals surface area (Å²) in [4.78, 5) is 4.26.